The zero-order chi connectivity index (χ0) is 21.6. The molecule has 1 aromatic heterocycles. The van der Waals surface area contributed by atoms with Crippen LogP contribution in [0.15, 0.2) is 53.7 Å². The standard InChI is InChI=1S/C23H26N4O3S/c1-16-6-3-4-8-20(16)27-22(17-9-11-18(29-2)12-10-17)25-26-23(27)31-15-21(28)24-14-19-7-5-13-30-19/h3-4,6,8-12,19H,5,7,13-15H2,1-2H3,(H,24,28)/t19-/m1/s1. The van der Waals surface area contributed by atoms with Crippen LogP contribution in [0.1, 0.15) is 18.4 Å². The number of rotatable bonds is 8. The van der Waals surface area contributed by atoms with Gasteiger partial charge in [0.05, 0.1) is 24.7 Å². The van der Waals surface area contributed by atoms with Crippen LogP contribution < -0.4 is 10.1 Å². The zero-order valence-corrected chi connectivity index (χ0v) is 18.5. The fraction of sp³-hybridized carbons (Fsp3) is 0.348. The van der Waals surface area contributed by atoms with Crippen molar-refractivity contribution in [3.05, 3.63) is 54.1 Å². The van der Waals surface area contributed by atoms with Crippen LogP contribution in [-0.4, -0.2) is 52.8 Å². The minimum atomic E-state index is -0.0363. The maximum atomic E-state index is 12.4. The highest BCUT2D eigenvalue weighted by Crippen LogP contribution is 2.30. The zero-order valence-electron chi connectivity index (χ0n) is 17.7. The van der Waals surface area contributed by atoms with E-state index in [2.05, 4.69) is 28.5 Å². The fourth-order valence-corrected chi connectivity index (χ4v) is 4.31. The predicted molar refractivity (Wildman–Crippen MR) is 121 cm³/mol. The van der Waals surface area contributed by atoms with Crippen LogP contribution in [0.2, 0.25) is 0 Å². The molecule has 1 atom stereocenters. The van der Waals surface area contributed by atoms with E-state index < -0.39 is 0 Å². The smallest absolute Gasteiger partial charge is 0.230 e. The molecular formula is C23H26N4O3S. The number of hydrogen-bond acceptors (Lipinski definition) is 6. The van der Waals surface area contributed by atoms with Gasteiger partial charge >= 0.3 is 0 Å². The number of ether oxygens (including phenoxy) is 2. The maximum Gasteiger partial charge on any atom is 0.230 e. The van der Waals surface area contributed by atoms with Crippen LogP contribution in [0.3, 0.4) is 0 Å². The molecule has 0 radical (unpaired) electrons. The van der Waals surface area contributed by atoms with E-state index in [0.717, 1.165) is 47.8 Å². The van der Waals surface area contributed by atoms with Gasteiger partial charge in [0.15, 0.2) is 11.0 Å². The van der Waals surface area contributed by atoms with Crippen molar-refractivity contribution in [3.63, 3.8) is 0 Å². The summed E-state index contributed by atoms with van der Waals surface area (Å²) in [6.45, 7) is 3.39. The normalized spacial score (nSPS) is 15.7. The first-order valence-corrected chi connectivity index (χ1v) is 11.3. The summed E-state index contributed by atoms with van der Waals surface area (Å²) < 4.78 is 12.8. The average Bonchev–Trinajstić information content (AvgIpc) is 3.47. The molecule has 1 aliphatic heterocycles. The van der Waals surface area contributed by atoms with Crippen LogP contribution in [0.4, 0.5) is 0 Å². The Kier molecular flexibility index (Phi) is 6.89. The number of carbonyl (C=O) groups is 1. The van der Waals surface area contributed by atoms with Gasteiger partial charge in [0.2, 0.25) is 5.91 Å². The van der Waals surface area contributed by atoms with E-state index in [0.29, 0.717) is 11.7 Å². The number of methoxy groups -OCH3 is 1. The Hall–Kier alpha value is -2.84. The van der Waals surface area contributed by atoms with Crippen molar-refractivity contribution in [2.24, 2.45) is 0 Å². The van der Waals surface area contributed by atoms with E-state index in [9.17, 15) is 4.79 Å². The van der Waals surface area contributed by atoms with Crippen LogP contribution in [-0.2, 0) is 9.53 Å². The number of para-hydroxylation sites is 1. The van der Waals surface area contributed by atoms with Crippen molar-refractivity contribution in [2.45, 2.75) is 31.0 Å². The van der Waals surface area contributed by atoms with Gasteiger partial charge in [-0.3, -0.25) is 9.36 Å². The van der Waals surface area contributed by atoms with E-state index >= 15 is 0 Å². The van der Waals surface area contributed by atoms with Gasteiger partial charge in [-0.05, 0) is 55.7 Å². The van der Waals surface area contributed by atoms with Crippen molar-refractivity contribution in [3.8, 4) is 22.8 Å². The molecule has 1 fully saturated rings. The van der Waals surface area contributed by atoms with Crippen molar-refractivity contribution in [1.29, 1.82) is 0 Å². The first-order chi connectivity index (χ1) is 15.2. The van der Waals surface area contributed by atoms with Gasteiger partial charge in [-0.15, -0.1) is 10.2 Å². The molecule has 8 heteroatoms. The summed E-state index contributed by atoms with van der Waals surface area (Å²) in [5.41, 5.74) is 3.01. The highest BCUT2D eigenvalue weighted by molar-refractivity contribution is 7.99. The summed E-state index contributed by atoms with van der Waals surface area (Å²) >= 11 is 1.38. The molecule has 1 N–H and O–H groups in total. The van der Waals surface area contributed by atoms with Crippen LogP contribution >= 0.6 is 11.8 Å². The van der Waals surface area contributed by atoms with Crippen LogP contribution in [0.25, 0.3) is 17.1 Å². The minimum absolute atomic E-state index is 0.0363. The lowest BCUT2D eigenvalue weighted by molar-refractivity contribution is -0.119. The number of nitrogens with zero attached hydrogens (tertiary/aromatic N) is 3. The summed E-state index contributed by atoms with van der Waals surface area (Å²) in [6, 6.07) is 15.8. The molecule has 162 valence electrons. The van der Waals surface area contributed by atoms with E-state index in [1.54, 1.807) is 7.11 Å². The molecule has 0 unspecified atom stereocenters. The van der Waals surface area contributed by atoms with Crippen molar-refractivity contribution in [2.75, 3.05) is 26.0 Å². The van der Waals surface area contributed by atoms with Gasteiger partial charge in [0.25, 0.3) is 0 Å². The van der Waals surface area contributed by atoms with E-state index in [-0.39, 0.29) is 17.8 Å². The highest BCUT2D eigenvalue weighted by atomic mass is 32.2. The van der Waals surface area contributed by atoms with E-state index in [4.69, 9.17) is 9.47 Å². The third-order valence-electron chi connectivity index (χ3n) is 5.22. The Morgan fingerprint density at radius 3 is 2.74 bits per heavy atom. The fourth-order valence-electron chi connectivity index (χ4n) is 3.54. The molecule has 0 aliphatic carbocycles. The number of aryl methyl sites for hydroxylation is 1. The minimum Gasteiger partial charge on any atom is -0.497 e. The first kappa shape index (κ1) is 21.4. The lowest BCUT2D eigenvalue weighted by Gasteiger charge is -2.13. The Labute approximate surface area is 186 Å². The van der Waals surface area contributed by atoms with E-state index in [1.807, 2.05) is 47.0 Å². The lowest BCUT2D eigenvalue weighted by atomic mass is 10.1. The number of benzene rings is 2. The summed E-state index contributed by atoms with van der Waals surface area (Å²) in [5, 5.41) is 12.5. The second kappa shape index (κ2) is 9.98. The van der Waals surface area contributed by atoms with Gasteiger partial charge in [-0.1, -0.05) is 30.0 Å². The molecule has 3 aromatic rings. The first-order valence-electron chi connectivity index (χ1n) is 10.3. The monoisotopic (exact) mass is 438 g/mol. The third-order valence-corrected chi connectivity index (χ3v) is 6.15. The molecular weight excluding hydrogens is 412 g/mol. The number of thioether (sulfide) groups is 1. The van der Waals surface area contributed by atoms with Crippen molar-refractivity contribution in [1.82, 2.24) is 20.1 Å². The van der Waals surface area contributed by atoms with Crippen LogP contribution in [0, 0.1) is 6.92 Å². The molecule has 1 aliphatic rings. The molecule has 0 saturated carbocycles. The lowest BCUT2D eigenvalue weighted by Crippen LogP contribution is -2.32. The molecule has 2 heterocycles. The molecule has 7 nitrogen and oxygen atoms in total. The number of amides is 1. The largest absolute Gasteiger partial charge is 0.497 e. The summed E-state index contributed by atoms with van der Waals surface area (Å²) in [6.07, 6.45) is 2.19. The Morgan fingerprint density at radius 1 is 1.23 bits per heavy atom. The number of nitrogens with one attached hydrogen (secondary N) is 1. The van der Waals surface area contributed by atoms with Gasteiger partial charge in [-0.25, -0.2) is 0 Å². The second-order valence-electron chi connectivity index (χ2n) is 7.38. The molecule has 0 spiro atoms. The van der Waals surface area contributed by atoms with Crippen molar-refractivity contribution >= 4 is 17.7 Å². The van der Waals surface area contributed by atoms with Gasteiger partial charge in [0.1, 0.15) is 5.75 Å². The molecule has 1 saturated heterocycles. The topological polar surface area (TPSA) is 78.3 Å². The Bertz CT molecular complexity index is 1030. The maximum absolute atomic E-state index is 12.4. The molecule has 1 amide bonds. The summed E-state index contributed by atoms with van der Waals surface area (Å²) in [5.74, 6) is 1.73. The molecule has 31 heavy (non-hydrogen) atoms. The summed E-state index contributed by atoms with van der Waals surface area (Å²) in [7, 11) is 1.64. The summed E-state index contributed by atoms with van der Waals surface area (Å²) in [4.78, 5) is 12.4. The number of aromatic nitrogens is 3. The Morgan fingerprint density at radius 2 is 2.03 bits per heavy atom. The second-order valence-corrected chi connectivity index (χ2v) is 8.33. The molecule has 0 bridgehead atoms. The number of carbonyl (C=O) groups excluding carboxylic acids is 1. The quantitative estimate of drug-likeness (QED) is 0.541. The number of hydrogen-bond donors (Lipinski definition) is 1. The SMILES string of the molecule is COc1ccc(-c2nnc(SCC(=O)NC[C@H]3CCCO3)n2-c2ccccc2C)cc1. The molecule has 4 rings (SSSR count). The van der Waals surface area contributed by atoms with Crippen molar-refractivity contribution < 1.29 is 14.3 Å². The highest BCUT2D eigenvalue weighted by Gasteiger charge is 2.20. The third kappa shape index (κ3) is 5.08. The van der Waals surface area contributed by atoms with Crippen LogP contribution in [0.5, 0.6) is 5.75 Å². The van der Waals surface area contributed by atoms with Gasteiger partial charge in [0, 0.05) is 18.7 Å². The van der Waals surface area contributed by atoms with Gasteiger partial charge in [-0.2, -0.15) is 0 Å². The predicted octanol–water partition coefficient (Wildman–Crippen LogP) is 3.64. The Balaban J connectivity index is 1.56. The molecule has 2 aromatic carbocycles. The van der Waals surface area contributed by atoms with E-state index in [1.165, 1.54) is 11.8 Å². The van der Waals surface area contributed by atoms with Gasteiger partial charge < -0.3 is 14.8 Å². The average molecular weight is 439 g/mol.